The van der Waals surface area contributed by atoms with Crippen molar-refractivity contribution < 1.29 is 23.8 Å². The summed E-state index contributed by atoms with van der Waals surface area (Å²) in [6.07, 6.45) is 1.90. The van der Waals surface area contributed by atoms with E-state index < -0.39 is 0 Å². The van der Waals surface area contributed by atoms with Crippen LogP contribution in [0.2, 0.25) is 0 Å². The van der Waals surface area contributed by atoms with E-state index in [1.807, 2.05) is 12.1 Å². The molecule has 6 heteroatoms. The van der Waals surface area contributed by atoms with Gasteiger partial charge in [-0.25, -0.2) is 0 Å². The van der Waals surface area contributed by atoms with Crippen molar-refractivity contribution in [3.8, 4) is 17.2 Å². The van der Waals surface area contributed by atoms with Gasteiger partial charge in [0.2, 0.25) is 5.78 Å². The van der Waals surface area contributed by atoms with Crippen molar-refractivity contribution in [1.82, 2.24) is 0 Å². The lowest BCUT2D eigenvalue weighted by atomic mass is 10.1. The fourth-order valence-electron chi connectivity index (χ4n) is 2.39. The third kappa shape index (κ3) is 3.58. The molecule has 0 radical (unpaired) electrons. The molecule has 0 spiro atoms. The van der Waals surface area contributed by atoms with Crippen LogP contribution in [-0.2, 0) is 4.79 Å². The van der Waals surface area contributed by atoms with E-state index in [4.69, 9.17) is 14.2 Å². The van der Waals surface area contributed by atoms with Crippen molar-refractivity contribution in [2.45, 2.75) is 13.3 Å². The lowest BCUT2D eigenvalue weighted by Crippen LogP contribution is -2.05. The maximum Gasteiger partial charge on any atom is 0.310 e. The van der Waals surface area contributed by atoms with Crippen LogP contribution >= 0.6 is 15.9 Å². The molecule has 1 aliphatic rings. The number of benzene rings is 2. The minimum absolute atomic E-state index is 0.186. The van der Waals surface area contributed by atoms with Crippen molar-refractivity contribution in [2.24, 2.45) is 0 Å². The first kappa shape index (κ1) is 17.2. The number of Topliss-reactive ketones (excluding diaryl/α,β-unsaturated/α-hetero) is 1. The smallest absolute Gasteiger partial charge is 0.310 e. The quantitative estimate of drug-likeness (QED) is 0.431. The number of fused-ring (bicyclic) bond motifs is 1. The molecule has 0 N–H and O–H groups in total. The summed E-state index contributed by atoms with van der Waals surface area (Å²) in [5.74, 6) is 0.946. The minimum atomic E-state index is -0.348. The maximum atomic E-state index is 12.5. The molecule has 0 saturated carbocycles. The minimum Gasteiger partial charge on any atom is -0.496 e. The first-order valence-electron chi connectivity index (χ1n) is 7.64. The SMILES string of the molecule is CCC(=O)Oc1ccc2c(c1)O/C(=C\c1cc(Br)ccc1OC)C2=O. The van der Waals surface area contributed by atoms with E-state index in [-0.39, 0.29) is 23.9 Å². The second kappa shape index (κ2) is 7.11. The average molecular weight is 403 g/mol. The molecule has 3 rings (SSSR count). The molecule has 0 aromatic heterocycles. The Bertz CT molecular complexity index is 885. The summed E-state index contributed by atoms with van der Waals surface area (Å²) < 4.78 is 17.0. The van der Waals surface area contributed by atoms with Crippen LogP contribution in [0.25, 0.3) is 6.08 Å². The largest absolute Gasteiger partial charge is 0.496 e. The Balaban J connectivity index is 1.92. The highest BCUT2D eigenvalue weighted by atomic mass is 79.9. The zero-order valence-corrected chi connectivity index (χ0v) is 15.3. The number of hydrogen-bond acceptors (Lipinski definition) is 5. The first-order valence-corrected chi connectivity index (χ1v) is 8.43. The van der Waals surface area contributed by atoms with E-state index in [1.54, 1.807) is 44.4 Å². The van der Waals surface area contributed by atoms with Gasteiger partial charge in [-0.15, -0.1) is 0 Å². The van der Waals surface area contributed by atoms with Crippen LogP contribution in [0.1, 0.15) is 29.3 Å². The third-order valence-electron chi connectivity index (χ3n) is 3.64. The summed E-state index contributed by atoms with van der Waals surface area (Å²) in [4.78, 5) is 23.9. The number of ketones is 1. The van der Waals surface area contributed by atoms with Gasteiger partial charge in [-0.1, -0.05) is 22.9 Å². The number of carbonyl (C=O) groups is 2. The molecule has 0 bridgehead atoms. The fourth-order valence-corrected chi connectivity index (χ4v) is 2.77. The monoisotopic (exact) mass is 402 g/mol. The van der Waals surface area contributed by atoms with Gasteiger partial charge >= 0.3 is 5.97 Å². The molecule has 128 valence electrons. The molecule has 5 nitrogen and oxygen atoms in total. The van der Waals surface area contributed by atoms with Gasteiger partial charge in [0.1, 0.15) is 17.2 Å². The van der Waals surface area contributed by atoms with Gasteiger partial charge in [-0.3, -0.25) is 9.59 Å². The van der Waals surface area contributed by atoms with Crippen LogP contribution in [0, 0.1) is 0 Å². The van der Waals surface area contributed by atoms with Gasteiger partial charge in [-0.05, 0) is 36.4 Å². The number of allylic oxidation sites excluding steroid dienone is 1. The van der Waals surface area contributed by atoms with E-state index in [0.29, 0.717) is 28.4 Å². The maximum absolute atomic E-state index is 12.5. The third-order valence-corrected chi connectivity index (χ3v) is 4.13. The zero-order valence-electron chi connectivity index (χ0n) is 13.7. The summed E-state index contributed by atoms with van der Waals surface area (Å²) in [5.41, 5.74) is 1.14. The molecule has 1 heterocycles. The van der Waals surface area contributed by atoms with Gasteiger partial charge in [0.05, 0.1) is 12.7 Å². The Morgan fingerprint density at radius 2 is 2.04 bits per heavy atom. The highest BCUT2D eigenvalue weighted by molar-refractivity contribution is 9.10. The molecular formula is C19H15BrO5. The lowest BCUT2D eigenvalue weighted by Gasteiger charge is -2.06. The standard InChI is InChI=1S/C19H15BrO5/c1-3-18(21)24-13-5-6-14-16(10-13)25-17(19(14)22)9-11-8-12(20)4-7-15(11)23-2/h4-10H,3H2,1-2H3/b17-9-. The Hall–Kier alpha value is -2.60. The van der Waals surface area contributed by atoms with Crippen molar-refractivity contribution in [3.05, 3.63) is 57.8 Å². The van der Waals surface area contributed by atoms with Crippen molar-refractivity contribution in [3.63, 3.8) is 0 Å². The molecule has 25 heavy (non-hydrogen) atoms. The molecule has 0 fully saturated rings. The summed E-state index contributed by atoms with van der Waals surface area (Å²) in [6.45, 7) is 1.71. The average Bonchev–Trinajstić information content (AvgIpc) is 2.90. The van der Waals surface area contributed by atoms with Crippen LogP contribution in [0.4, 0.5) is 0 Å². The summed E-state index contributed by atoms with van der Waals surface area (Å²) in [7, 11) is 1.56. The normalized spacial score (nSPS) is 14.2. The molecule has 2 aromatic rings. The Morgan fingerprint density at radius 3 is 2.76 bits per heavy atom. The summed E-state index contributed by atoms with van der Waals surface area (Å²) in [5, 5.41) is 0. The number of hydrogen-bond donors (Lipinski definition) is 0. The molecule has 2 aromatic carbocycles. The molecule has 0 amide bonds. The molecule has 0 aliphatic carbocycles. The van der Waals surface area contributed by atoms with Crippen molar-refractivity contribution >= 4 is 33.8 Å². The number of ether oxygens (including phenoxy) is 3. The second-order valence-electron chi connectivity index (χ2n) is 5.31. The van der Waals surface area contributed by atoms with E-state index in [9.17, 15) is 9.59 Å². The highest BCUT2D eigenvalue weighted by Crippen LogP contribution is 2.36. The van der Waals surface area contributed by atoms with Crippen LogP contribution in [0.5, 0.6) is 17.2 Å². The van der Waals surface area contributed by atoms with E-state index in [2.05, 4.69) is 15.9 Å². The molecule has 0 unspecified atom stereocenters. The molecular weight excluding hydrogens is 388 g/mol. The number of esters is 1. The van der Waals surface area contributed by atoms with E-state index >= 15 is 0 Å². The molecule has 0 atom stereocenters. The highest BCUT2D eigenvalue weighted by Gasteiger charge is 2.28. The topological polar surface area (TPSA) is 61.8 Å². The number of carbonyl (C=O) groups excluding carboxylic acids is 2. The van der Waals surface area contributed by atoms with Gasteiger partial charge in [0.15, 0.2) is 5.76 Å². The van der Waals surface area contributed by atoms with Crippen LogP contribution in [0.15, 0.2) is 46.6 Å². The van der Waals surface area contributed by atoms with Crippen molar-refractivity contribution in [2.75, 3.05) is 7.11 Å². The fraction of sp³-hybridized carbons (Fsp3) is 0.158. The van der Waals surface area contributed by atoms with E-state index in [1.165, 1.54) is 0 Å². The Morgan fingerprint density at radius 1 is 1.24 bits per heavy atom. The van der Waals surface area contributed by atoms with Crippen molar-refractivity contribution in [1.29, 1.82) is 0 Å². The lowest BCUT2D eigenvalue weighted by molar-refractivity contribution is -0.134. The number of halogens is 1. The summed E-state index contributed by atoms with van der Waals surface area (Å²) in [6, 6.07) is 10.2. The zero-order chi connectivity index (χ0) is 18.0. The van der Waals surface area contributed by atoms with Gasteiger partial charge in [0.25, 0.3) is 0 Å². The van der Waals surface area contributed by atoms with Gasteiger partial charge < -0.3 is 14.2 Å². The predicted octanol–water partition coefficient (Wildman–Crippen LogP) is 4.39. The first-order chi connectivity index (χ1) is 12.0. The number of methoxy groups -OCH3 is 1. The van der Waals surface area contributed by atoms with E-state index in [0.717, 1.165) is 4.47 Å². The van der Waals surface area contributed by atoms with Crippen LogP contribution < -0.4 is 14.2 Å². The summed E-state index contributed by atoms with van der Waals surface area (Å²) >= 11 is 3.40. The number of rotatable bonds is 4. The molecule has 1 aliphatic heterocycles. The van der Waals surface area contributed by atoms with Gasteiger partial charge in [0, 0.05) is 22.5 Å². The van der Waals surface area contributed by atoms with Crippen LogP contribution in [0.3, 0.4) is 0 Å². The van der Waals surface area contributed by atoms with Gasteiger partial charge in [-0.2, -0.15) is 0 Å². The predicted molar refractivity (Wildman–Crippen MR) is 96.0 cm³/mol. The van der Waals surface area contributed by atoms with Crippen LogP contribution in [-0.4, -0.2) is 18.9 Å². The second-order valence-corrected chi connectivity index (χ2v) is 6.23. The Labute approximate surface area is 153 Å². The molecule has 0 saturated heterocycles. The Kier molecular flexibility index (Phi) is 4.90.